The molecule has 80 valence electrons. The van der Waals surface area contributed by atoms with E-state index in [4.69, 9.17) is 0 Å². The highest BCUT2D eigenvalue weighted by Crippen LogP contribution is 2.14. The number of ketones is 1. The summed E-state index contributed by atoms with van der Waals surface area (Å²) in [4.78, 5) is 25.1. The molecule has 0 aromatic carbocycles. The smallest absolute Gasteiger partial charge is 0.287 e. The Morgan fingerprint density at radius 3 is 2.73 bits per heavy atom. The highest BCUT2D eigenvalue weighted by Gasteiger charge is 2.11. The van der Waals surface area contributed by atoms with Crippen molar-refractivity contribution in [3.63, 3.8) is 0 Å². The topological polar surface area (TPSA) is 73.1 Å². The van der Waals surface area contributed by atoms with E-state index in [0.717, 1.165) is 0 Å². The second-order valence-corrected chi connectivity index (χ2v) is 3.28. The highest BCUT2D eigenvalue weighted by molar-refractivity contribution is 5.80. The van der Waals surface area contributed by atoms with Crippen molar-refractivity contribution in [2.45, 2.75) is 26.7 Å². The number of carbonyl (C=O) groups is 1. The summed E-state index contributed by atoms with van der Waals surface area (Å²) in [6.45, 7) is 3.50. The van der Waals surface area contributed by atoms with E-state index in [1.165, 1.54) is 12.3 Å². The average molecular weight is 208 g/mol. The van der Waals surface area contributed by atoms with Crippen LogP contribution >= 0.6 is 0 Å². The van der Waals surface area contributed by atoms with E-state index in [9.17, 15) is 14.9 Å². The lowest BCUT2D eigenvalue weighted by atomic mass is 10.1. The summed E-state index contributed by atoms with van der Waals surface area (Å²) in [6, 6.07) is 1.44. The summed E-state index contributed by atoms with van der Waals surface area (Å²) in [5, 5.41) is 10.4. The van der Waals surface area contributed by atoms with Gasteiger partial charge in [-0.15, -0.1) is 0 Å². The number of hydrogen-bond donors (Lipinski definition) is 0. The van der Waals surface area contributed by atoms with Crippen LogP contribution < -0.4 is 0 Å². The van der Waals surface area contributed by atoms with Crippen LogP contribution in [0.15, 0.2) is 12.3 Å². The number of hydrogen-bond acceptors (Lipinski definition) is 4. The summed E-state index contributed by atoms with van der Waals surface area (Å²) < 4.78 is 0. The van der Waals surface area contributed by atoms with Crippen molar-refractivity contribution in [3.05, 3.63) is 33.6 Å². The minimum absolute atomic E-state index is 0.0415. The number of aromatic nitrogens is 1. The van der Waals surface area contributed by atoms with Crippen molar-refractivity contribution < 1.29 is 9.72 Å². The summed E-state index contributed by atoms with van der Waals surface area (Å²) in [6.07, 6.45) is 1.89. The van der Waals surface area contributed by atoms with Crippen molar-refractivity contribution in [1.29, 1.82) is 0 Å². The van der Waals surface area contributed by atoms with Crippen LogP contribution in [0.2, 0.25) is 0 Å². The predicted molar refractivity (Wildman–Crippen MR) is 54.6 cm³/mol. The predicted octanol–water partition coefficient (Wildman–Crippen LogP) is 1.82. The van der Waals surface area contributed by atoms with Crippen molar-refractivity contribution in [3.8, 4) is 0 Å². The maximum atomic E-state index is 11.2. The summed E-state index contributed by atoms with van der Waals surface area (Å²) in [7, 11) is 0. The molecule has 1 rings (SSSR count). The number of nitro groups is 1. The fraction of sp³-hybridized carbons (Fsp3) is 0.400. The first-order valence-corrected chi connectivity index (χ1v) is 4.66. The van der Waals surface area contributed by atoms with Crippen LogP contribution in [0.5, 0.6) is 0 Å². The summed E-state index contributed by atoms with van der Waals surface area (Å²) in [5.74, 6) is 0.0828. The molecule has 0 spiro atoms. The molecule has 1 aromatic rings. The Morgan fingerprint density at radius 2 is 2.27 bits per heavy atom. The minimum Gasteiger partial charge on any atom is -0.299 e. The molecule has 5 heteroatoms. The Bertz CT molecular complexity index is 402. The first-order valence-electron chi connectivity index (χ1n) is 4.66. The van der Waals surface area contributed by atoms with E-state index in [2.05, 4.69) is 4.98 Å². The normalized spacial score (nSPS) is 10.0. The fourth-order valence-electron chi connectivity index (χ4n) is 1.18. The average Bonchev–Trinajstić information content (AvgIpc) is 2.20. The molecule has 5 nitrogen and oxygen atoms in total. The second kappa shape index (κ2) is 4.63. The standard InChI is InChI=1S/C10H12N2O3/c1-3-9(13)5-10-7(2)4-8(6-11-10)12(14)15/h4,6H,3,5H2,1-2H3. The zero-order chi connectivity index (χ0) is 11.4. The van der Waals surface area contributed by atoms with E-state index in [0.29, 0.717) is 17.7 Å². The van der Waals surface area contributed by atoms with E-state index < -0.39 is 4.92 Å². The van der Waals surface area contributed by atoms with E-state index >= 15 is 0 Å². The van der Waals surface area contributed by atoms with Crippen LogP contribution in [0.3, 0.4) is 0 Å². The molecule has 0 fully saturated rings. The molecule has 0 amide bonds. The zero-order valence-corrected chi connectivity index (χ0v) is 8.69. The Balaban J connectivity index is 2.93. The van der Waals surface area contributed by atoms with Gasteiger partial charge in [0.15, 0.2) is 0 Å². The van der Waals surface area contributed by atoms with Gasteiger partial charge in [0, 0.05) is 18.9 Å². The van der Waals surface area contributed by atoms with Gasteiger partial charge in [-0.2, -0.15) is 0 Å². The molecule has 0 saturated carbocycles. The van der Waals surface area contributed by atoms with Gasteiger partial charge in [-0.1, -0.05) is 6.92 Å². The maximum Gasteiger partial charge on any atom is 0.287 e. The number of nitrogens with zero attached hydrogens (tertiary/aromatic N) is 2. The molecule has 0 atom stereocenters. The number of rotatable bonds is 4. The number of aryl methyl sites for hydroxylation is 1. The lowest BCUT2D eigenvalue weighted by Crippen LogP contribution is -2.05. The summed E-state index contributed by atoms with van der Waals surface area (Å²) in [5.41, 5.74) is 1.26. The molecule has 0 bridgehead atoms. The lowest BCUT2D eigenvalue weighted by molar-refractivity contribution is -0.385. The summed E-state index contributed by atoms with van der Waals surface area (Å²) >= 11 is 0. The van der Waals surface area contributed by atoms with E-state index in [-0.39, 0.29) is 17.9 Å². The van der Waals surface area contributed by atoms with Crippen molar-refractivity contribution in [2.75, 3.05) is 0 Å². The van der Waals surface area contributed by atoms with Gasteiger partial charge >= 0.3 is 0 Å². The van der Waals surface area contributed by atoms with Gasteiger partial charge < -0.3 is 0 Å². The van der Waals surface area contributed by atoms with Gasteiger partial charge in [-0.25, -0.2) is 0 Å². The third kappa shape index (κ3) is 2.83. The van der Waals surface area contributed by atoms with Gasteiger partial charge in [0.25, 0.3) is 5.69 Å². The van der Waals surface area contributed by atoms with Crippen LogP contribution in [0.4, 0.5) is 5.69 Å². The van der Waals surface area contributed by atoms with Gasteiger partial charge in [0.05, 0.1) is 10.6 Å². The molecule has 0 saturated heterocycles. The number of pyridine rings is 1. The molecule has 0 aliphatic heterocycles. The van der Waals surface area contributed by atoms with Crippen LogP contribution in [-0.4, -0.2) is 15.7 Å². The Kier molecular flexibility index (Phi) is 3.49. The molecular formula is C10H12N2O3. The van der Waals surface area contributed by atoms with Crippen molar-refractivity contribution >= 4 is 11.5 Å². The molecule has 1 aromatic heterocycles. The van der Waals surface area contributed by atoms with Gasteiger partial charge in [0.1, 0.15) is 12.0 Å². The maximum absolute atomic E-state index is 11.2. The number of carbonyl (C=O) groups excluding carboxylic acids is 1. The van der Waals surface area contributed by atoms with Gasteiger partial charge in [0.2, 0.25) is 0 Å². The monoisotopic (exact) mass is 208 g/mol. The molecule has 0 radical (unpaired) electrons. The first kappa shape index (κ1) is 11.3. The quantitative estimate of drug-likeness (QED) is 0.558. The lowest BCUT2D eigenvalue weighted by Gasteiger charge is -2.02. The molecule has 0 unspecified atom stereocenters. The van der Waals surface area contributed by atoms with E-state index in [1.807, 2.05) is 0 Å². The Hall–Kier alpha value is -1.78. The third-order valence-corrected chi connectivity index (χ3v) is 2.14. The highest BCUT2D eigenvalue weighted by atomic mass is 16.6. The van der Waals surface area contributed by atoms with Gasteiger partial charge in [-0.05, 0) is 12.5 Å². The molecule has 1 heterocycles. The van der Waals surface area contributed by atoms with E-state index in [1.54, 1.807) is 13.8 Å². The molecule has 15 heavy (non-hydrogen) atoms. The Morgan fingerprint density at radius 1 is 1.60 bits per heavy atom. The SMILES string of the molecule is CCC(=O)Cc1ncc([N+](=O)[O-])cc1C. The zero-order valence-electron chi connectivity index (χ0n) is 8.69. The Labute approximate surface area is 87.3 Å². The van der Waals surface area contributed by atoms with Crippen LogP contribution in [0, 0.1) is 17.0 Å². The number of Topliss-reactive ketones (excluding diaryl/α,β-unsaturated/α-hetero) is 1. The van der Waals surface area contributed by atoms with Crippen LogP contribution in [-0.2, 0) is 11.2 Å². The molecule has 0 aliphatic carbocycles. The first-order chi connectivity index (χ1) is 7.04. The van der Waals surface area contributed by atoms with Crippen LogP contribution in [0.25, 0.3) is 0 Å². The molecule has 0 N–H and O–H groups in total. The third-order valence-electron chi connectivity index (χ3n) is 2.14. The molecular weight excluding hydrogens is 196 g/mol. The van der Waals surface area contributed by atoms with Crippen molar-refractivity contribution in [2.24, 2.45) is 0 Å². The minimum atomic E-state index is -0.495. The largest absolute Gasteiger partial charge is 0.299 e. The molecule has 0 aliphatic rings. The van der Waals surface area contributed by atoms with Crippen molar-refractivity contribution in [1.82, 2.24) is 4.98 Å². The van der Waals surface area contributed by atoms with Crippen LogP contribution in [0.1, 0.15) is 24.6 Å². The van der Waals surface area contributed by atoms with Gasteiger partial charge in [-0.3, -0.25) is 19.9 Å². The fourth-order valence-corrected chi connectivity index (χ4v) is 1.18. The second-order valence-electron chi connectivity index (χ2n) is 3.28.